The number of hydrogen-bond donors (Lipinski definition) is 5. The number of likely N-dealkylation sites (N-methyl/N-ethyl adjacent to an activating group) is 1. The van der Waals surface area contributed by atoms with E-state index >= 15 is 0 Å². The molecule has 76 valence electrons. The van der Waals surface area contributed by atoms with Gasteiger partial charge < -0.3 is 25.5 Å². The standard InChI is InChI=1S/C4H10N3O5P/c1-7(4(5)6)2(3(8)9)13(10,11)12/h2H,1H3,(H3,5,6)(H,8,9)(H2,10,11,12)/t2-/m1/s1. The molecule has 6 N–H and O–H groups in total. The van der Waals surface area contributed by atoms with Crippen LogP contribution in [0.5, 0.6) is 0 Å². The maximum atomic E-state index is 10.6. The number of hydrogen-bond acceptors (Lipinski definition) is 3. The van der Waals surface area contributed by atoms with E-state index in [1.165, 1.54) is 0 Å². The maximum Gasteiger partial charge on any atom is 0.359 e. The minimum atomic E-state index is -4.84. The molecule has 0 saturated carbocycles. The van der Waals surface area contributed by atoms with E-state index in [0.717, 1.165) is 7.05 Å². The van der Waals surface area contributed by atoms with Crippen LogP contribution in [0.2, 0.25) is 0 Å². The van der Waals surface area contributed by atoms with Crippen molar-refractivity contribution in [2.45, 2.75) is 5.78 Å². The Bertz CT molecular complexity index is 273. The monoisotopic (exact) mass is 211 g/mol. The number of carboxylic acids is 1. The Morgan fingerprint density at radius 1 is 1.62 bits per heavy atom. The van der Waals surface area contributed by atoms with Gasteiger partial charge >= 0.3 is 13.6 Å². The molecule has 8 nitrogen and oxygen atoms in total. The lowest BCUT2D eigenvalue weighted by atomic mass is 10.6. The Labute approximate surface area is 73.6 Å². The molecule has 0 aromatic carbocycles. The molecule has 1 atom stereocenters. The van der Waals surface area contributed by atoms with Crippen molar-refractivity contribution < 1.29 is 24.3 Å². The molecule has 0 heterocycles. The lowest BCUT2D eigenvalue weighted by Crippen LogP contribution is -2.45. The summed E-state index contributed by atoms with van der Waals surface area (Å²) >= 11 is 0. The van der Waals surface area contributed by atoms with Crippen molar-refractivity contribution in [3.05, 3.63) is 0 Å². The van der Waals surface area contributed by atoms with Gasteiger partial charge in [-0.1, -0.05) is 0 Å². The molecule has 0 aliphatic rings. The van der Waals surface area contributed by atoms with E-state index in [-0.39, 0.29) is 0 Å². The first-order valence-corrected chi connectivity index (χ1v) is 4.71. The topological polar surface area (TPSA) is 148 Å². The summed E-state index contributed by atoms with van der Waals surface area (Å²) in [6.07, 6.45) is 0. The van der Waals surface area contributed by atoms with Crippen molar-refractivity contribution in [3.8, 4) is 0 Å². The molecule has 0 radical (unpaired) electrons. The largest absolute Gasteiger partial charge is 0.479 e. The molecule has 0 rings (SSSR count). The Balaban J connectivity index is 4.95. The van der Waals surface area contributed by atoms with Crippen LogP contribution in [0.3, 0.4) is 0 Å². The molecule has 0 saturated heterocycles. The molecule has 13 heavy (non-hydrogen) atoms. The second kappa shape index (κ2) is 3.73. The van der Waals surface area contributed by atoms with Crippen molar-refractivity contribution in [1.29, 1.82) is 5.41 Å². The highest BCUT2D eigenvalue weighted by Gasteiger charge is 2.40. The summed E-state index contributed by atoms with van der Waals surface area (Å²) in [4.78, 5) is 28.1. The zero-order valence-electron chi connectivity index (χ0n) is 6.71. The summed E-state index contributed by atoms with van der Waals surface area (Å²) in [5, 5.41) is 15.2. The van der Waals surface area contributed by atoms with Crippen molar-refractivity contribution in [3.63, 3.8) is 0 Å². The average Bonchev–Trinajstić information content (AvgIpc) is 1.82. The molecule has 9 heteroatoms. The van der Waals surface area contributed by atoms with Gasteiger partial charge in [0.05, 0.1) is 0 Å². The number of rotatable bonds is 3. The second-order valence-corrected chi connectivity index (χ2v) is 3.96. The van der Waals surface area contributed by atoms with Gasteiger partial charge in [0.1, 0.15) is 0 Å². The summed E-state index contributed by atoms with van der Waals surface area (Å²) in [5.74, 6) is -4.56. The van der Waals surface area contributed by atoms with E-state index in [1.807, 2.05) is 0 Å². The van der Waals surface area contributed by atoms with E-state index in [0.29, 0.717) is 4.90 Å². The predicted octanol–water partition coefficient (Wildman–Crippen LogP) is -1.60. The molecule has 0 amide bonds. The van der Waals surface area contributed by atoms with Gasteiger partial charge in [-0.05, 0) is 0 Å². The number of guanidine groups is 1. The predicted molar refractivity (Wildman–Crippen MR) is 43.1 cm³/mol. The van der Waals surface area contributed by atoms with Gasteiger partial charge in [-0.25, -0.2) is 4.79 Å². The van der Waals surface area contributed by atoms with E-state index in [1.54, 1.807) is 0 Å². The lowest BCUT2D eigenvalue weighted by Gasteiger charge is -2.24. The number of nitrogens with one attached hydrogen (secondary N) is 1. The molecular formula is C4H10N3O5P. The van der Waals surface area contributed by atoms with Crippen LogP contribution in [0.1, 0.15) is 0 Å². The van der Waals surface area contributed by atoms with Gasteiger partial charge in [0.25, 0.3) is 0 Å². The first-order chi connectivity index (χ1) is 5.68. The van der Waals surface area contributed by atoms with Crippen LogP contribution in [0.4, 0.5) is 0 Å². The summed E-state index contributed by atoms with van der Waals surface area (Å²) < 4.78 is 10.6. The van der Waals surface area contributed by atoms with Gasteiger partial charge in [-0.3, -0.25) is 9.97 Å². The third kappa shape index (κ3) is 3.02. The van der Waals surface area contributed by atoms with Crippen molar-refractivity contribution in [1.82, 2.24) is 4.90 Å². The Morgan fingerprint density at radius 3 is 2.08 bits per heavy atom. The van der Waals surface area contributed by atoms with Crippen LogP contribution in [-0.2, 0) is 9.36 Å². The minimum Gasteiger partial charge on any atom is -0.479 e. The number of nitrogens with zero attached hydrogens (tertiary/aromatic N) is 1. The highest BCUT2D eigenvalue weighted by Crippen LogP contribution is 2.42. The van der Waals surface area contributed by atoms with Crippen LogP contribution in [0.25, 0.3) is 0 Å². The molecular weight excluding hydrogens is 201 g/mol. The number of aliphatic carboxylic acids is 1. The summed E-state index contributed by atoms with van der Waals surface area (Å²) in [6.45, 7) is 0. The molecule has 0 bridgehead atoms. The molecule has 0 spiro atoms. The van der Waals surface area contributed by atoms with Crippen LogP contribution in [-0.4, -0.2) is 44.6 Å². The van der Waals surface area contributed by atoms with E-state index in [4.69, 9.17) is 26.0 Å². The highest BCUT2D eigenvalue weighted by atomic mass is 31.2. The van der Waals surface area contributed by atoms with E-state index < -0.39 is 25.3 Å². The zero-order valence-corrected chi connectivity index (χ0v) is 7.60. The Hall–Kier alpha value is -1.11. The lowest BCUT2D eigenvalue weighted by molar-refractivity contribution is -0.139. The summed E-state index contributed by atoms with van der Waals surface area (Å²) in [6, 6.07) is 0. The number of nitrogens with two attached hydrogens (primary N) is 1. The molecule has 0 aliphatic heterocycles. The molecule has 0 unspecified atom stereocenters. The first-order valence-electron chi connectivity index (χ1n) is 3.02. The normalized spacial score (nSPS) is 13.5. The molecule has 0 fully saturated rings. The second-order valence-electron chi connectivity index (χ2n) is 2.30. The van der Waals surface area contributed by atoms with Crippen molar-refractivity contribution in [2.75, 3.05) is 7.05 Å². The van der Waals surface area contributed by atoms with Gasteiger partial charge in [0.15, 0.2) is 5.96 Å². The third-order valence-electron chi connectivity index (χ3n) is 1.29. The molecule has 0 aromatic heterocycles. The maximum absolute atomic E-state index is 10.6. The SMILES string of the molecule is CN(C(=N)N)[C@@H](C(=O)O)P(=O)(O)O. The van der Waals surface area contributed by atoms with Gasteiger partial charge in [-0.2, -0.15) is 0 Å². The quantitative estimate of drug-likeness (QED) is 0.214. The Morgan fingerprint density at radius 2 is 2.00 bits per heavy atom. The van der Waals surface area contributed by atoms with Gasteiger partial charge in [0.2, 0.25) is 5.78 Å². The van der Waals surface area contributed by atoms with Crippen LogP contribution in [0.15, 0.2) is 0 Å². The third-order valence-corrected chi connectivity index (χ3v) is 2.49. The van der Waals surface area contributed by atoms with E-state index in [9.17, 15) is 9.36 Å². The fourth-order valence-corrected chi connectivity index (χ4v) is 1.53. The van der Waals surface area contributed by atoms with Crippen LogP contribution in [0, 0.1) is 5.41 Å². The molecule has 0 aliphatic carbocycles. The zero-order chi connectivity index (χ0) is 10.8. The first kappa shape index (κ1) is 11.9. The molecule has 0 aromatic rings. The van der Waals surface area contributed by atoms with Gasteiger partial charge in [-0.15, -0.1) is 0 Å². The summed E-state index contributed by atoms with van der Waals surface area (Å²) in [5.41, 5.74) is 4.87. The minimum absolute atomic E-state index is 0.489. The smallest absolute Gasteiger partial charge is 0.359 e. The van der Waals surface area contributed by atoms with Gasteiger partial charge in [0, 0.05) is 7.05 Å². The van der Waals surface area contributed by atoms with Crippen LogP contribution < -0.4 is 5.73 Å². The highest BCUT2D eigenvalue weighted by molar-refractivity contribution is 7.53. The average molecular weight is 211 g/mol. The van der Waals surface area contributed by atoms with Crippen molar-refractivity contribution in [2.24, 2.45) is 5.73 Å². The van der Waals surface area contributed by atoms with E-state index in [2.05, 4.69) is 0 Å². The number of carbonyl (C=O) groups is 1. The fourth-order valence-electron chi connectivity index (χ4n) is 0.667. The summed E-state index contributed by atoms with van der Waals surface area (Å²) in [7, 11) is -3.82. The fraction of sp³-hybridized carbons (Fsp3) is 0.500. The Kier molecular flexibility index (Phi) is 3.42. The van der Waals surface area contributed by atoms with Crippen LogP contribution >= 0.6 is 7.60 Å². The number of carboxylic acid groups (broad SMARTS) is 1. The van der Waals surface area contributed by atoms with Crippen molar-refractivity contribution >= 4 is 19.5 Å².